The number of hydrogen-bond donors (Lipinski definition) is 0. The molecule has 1 aliphatic carbocycles. The van der Waals surface area contributed by atoms with Crippen molar-refractivity contribution in [1.82, 2.24) is 0 Å². The Morgan fingerprint density at radius 2 is 1.79 bits per heavy atom. The van der Waals surface area contributed by atoms with Crippen LogP contribution in [0.15, 0.2) is 52.9 Å². The van der Waals surface area contributed by atoms with Gasteiger partial charge in [0.15, 0.2) is 0 Å². The zero-order valence-corrected chi connectivity index (χ0v) is 16.8. The van der Waals surface area contributed by atoms with Crippen molar-refractivity contribution in [2.24, 2.45) is 0 Å². The highest BCUT2D eigenvalue weighted by atomic mass is 35.5. The average Bonchev–Trinajstić information content (AvgIpc) is 3.06. The Morgan fingerprint density at radius 1 is 1.07 bits per heavy atom. The van der Waals surface area contributed by atoms with Gasteiger partial charge >= 0.3 is 11.9 Å². The number of rotatable bonds is 6. The van der Waals surface area contributed by atoms with Gasteiger partial charge in [-0.05, 0) is 43.5 Å². The van der Waals surface area contributed by atoms with Crippen LogP contribution in [0.25, 0.3) is 11.0 Å². The van der Waals surface area contributed by atoms with Crippen molar-refractivity contribution in [3.63, 3.8) is 0 Å². The number of hydrogen-bond acceptors (Lipinski definition) is 5. The van der Waals surface area contributed by atoms with Crippen LogP contribution in [0.4, 0.5) is 0 Å². The van der Waals surface area contributed by atoms with Gasteiger partial charge in [0.1, 0.15) is 12.2 Å². The standard InChI is InChI=1S/C23H21ClO5/c1-2-27-21(25)20-18(17-6-3-4-7-19(17)29-20)14-28-22(26)23(12-5-13-23)15-8-10-16(24)11-9-15/h3-4,6-11H,2,5,12-14H2,1H3. The predicted molar refractivity (Wildman–Crippen MR) is 109 cm³/mol. The Balaban J connectivity index is 1.60. The van der Waals surface area contributed by atoms with Gasteiger partial charge in [0.25, 0.3) is 0 Å². The SMILES string of the molecule is CCOC(=O)c1oc2ccccc2c1COC(=O)C1(c2ccc(Cl)cc2)CCC1. The van der Waals surface area contributed by atoms with E-state index in [4.69, 9.17) is 25.5 Å². The molecule has 5 nitrogen and oxygen atoms in total. The summed E-state index contributed by atoms with van der Waals surface area (Å²) in [7, 11) is 0. The van der Waals surface area contributed by atoms with Gasteiger partial charge in [-0.25, -0.2) is 4.79 Å². The summed E-state index contributed by atoms with van der Waals surface area (Å²) in [6.07, 6.45) is 2.41. The third-order valence-electron chi connectivity index (χ3n) is 5.50. The lowest BCUT2D eigenvalue weighted by atomic mass is 9.64. The summed E-state index contributed by atoms with van der Waals surface area (Å²) in [6, 6.07) is 14.6. The topological polar surface area (TPSA) is 65.7 Å². The largest absolute Gasteiger partial charge is 0.460 e. The lowest BCUT2D eigenvalue weighted by Gasteiger charge is -2.39. The molecule has 0 saturated heterocycles. The van der Waals surface area contributed by atoms with E-state index in [1.165, 1.54) is 0 Å². The number of ether oxygens (including phenoxy) is 2. The molecule has 1 fully saturated rings. The van der Waals surface area contributed by atoms with Gasteiger partial charge < -0.3 is 13.9 Å². The Kier molecular flexibility index (Phi) is 5.33. The maximum atomic E-state index is 13.1. The van der Waals surface area contributed by atoms with E-state index in [-0.39, 0.29) is 24.9 Å². The van der Waals surface area contributed by atoms with E-state index in [1.54, 1.807) is 25.1 Å². The number of carbonyl (C=O) groups excluding carboxylic acids is 2. The number of esters is 2. The number of para-hydroxylation sites is 1. The van der Waals surface area contributed by atoms with Crippen LogP contribution >= 0.6 is 11.6 Å². The number of benzene rings is 2. The third-order valence-corrected chi connectivity index (χ3v) is 5.75. The molecular formula is C23H21ClO5. The molecule has 0 N–H and O–H groups in total. The van der Waals surface area contributed by atoms with Crippen LogP contribution in [0, 0.1) is 0 Å². The van der Waals surface area contributed by atoms with Gasteiger partial charge in [-0.15, -0.1) is 0 Å². The molecule has 3 aromatic rings. The second-order valence-corrected chi connectivity index (χ2v) is 7.58. The van der Waals surface area contributed by atoms with Crippen molar-refractivity contribution in [1.29, 1.82) is 0 Å². The zero-order valence-electron chi connectivity index (χ0n) is 16.1. The van der Waals surface area contributed by atoms with Gasteiger partial charge in [-0.3, -0.25) is 4.79 Å². The van der Waals surface area contributed by atoms with Gasteiger partial charge in [-0.1, -0.05) is 48.4 Å². The molecule has 0 unspecified atom stereocenters. The normalized spacial score (nSPS) is 15.0. The van der Waals surface area contributed by atoms with Crippen LogP contribution in [0.3, 0.4) is 0 Å². The van der Waals surface area contributed by atoms with Gasteiger partial charge in [0.2, 0.25) is 5.76 Å². The molecular weight excluding hydrogens is 392 g/mol. The molecule has 6 heteroatoms. The predicted octanol–water partition coefficient (Wildman–Crippen LogP) is 5.43. The van der Waals surface area contributed by atoms with Gasteiger partial charge in [0, 0.05) is 10.4 Å². The molecule has 150 valence electrons. The van der Waals surface area contributed by atoms with E-state index in [9.17, 15) is 9.59 Å². The molecule has 1 aromatic heterocycles. The van der Waals surface area contributed by atoms with Crippen molar-refractivity contribution in [2.75, 3.05) is 6.61 Å². The first kappa shape index (κ1) is 19.5. The maximum absolute atomic E-state index is 13.1. The molecule has 1 heterocycles. The molecule has 1 saturated carbocycles. The van der Waals surface area contributed by atoms with E-state index in [0.717, 1.165) is 30.2 Å². The Bertz CT molecular complexity index is 1050. The van der Waals surface area contributed by atoms with E-state index in [2.05, 4.69) is 0 Å². The Morgan fingerprint density at radius 3 is 2.45 bits per heavy atom. The number of carbonyl (C=O) groups is 2. The van der Waals surface area contributed by atoms with Crippen molar-refractivity contribution < 1.29 is 23.5 Å². The van der Waals surface area contributed by atoms with Gasteiger partial charge in [-0.2, -0.15) is 0 Å². The minimum atomic E-state index is -0.659. The van der Waals surface area contributed by atoms with Crippen LogP contribution in [0.5, 0.6) is 0 Å². The first-order valence-corrected chi connectivity index (χ1v) is 10.0. The van der Waals surface area contributed by atoms with Crippen molar-refractivity contribution in [3.05, 3.63) is 70.4 Å². The van der Waals surface area contributed by atoms with E-state index < -0.39 is 11.4 Å². The van der Waals surface area contributed by atoms with Crippen LogP contribution in [-0.2, 0) is 26.3 Å². The highest BCUT2D eigenvalue weighted by Crippen LogP contribution is 2.45. The summed E-state index contributed by atoms with van der Waals surface area (Å²) in [5, 5.41) is 1.36. The zero-order chi connectivity index (χ0) is 20.4. The highest BCUT2D eigenvalue weighted by molar-refractivity contribution is 6.30. The van der Waals surface area contributed by atoms with Crippen LogP contribution < -0.4 is 0 Å². The molecule has 2 aromatic carbocycles. The first-order chi connectivity index (χ1) is 14.0. The summed E-state index contributed by atoms with van der Waals surface area (Å²) < 4.78 is 16.5. The van der Waals surface area contributed by atoms with E-state index >= 15 is 0 Å². The van der Waals surface area contributed by atoms with E-state index in [0.29, 0.717) is 16.2 Å². The highest BCUT2D eigenvalue weighted by Gasteiger charge is 2.47. The molecule has 0 atom stereocenters. The Hall–Kier alpha value is -2.79. The van der Waals surface area contributed by atoms with Crippen molar-refractivity contribution in [2.45, 2.75) is 38.2 Å². The minimum Gasteiger partial charge on any atom is -0.460 e. The lowest BCUT2D eigenvalue weighted by Crippen LogP contribution is -2.43. The fourth-order valence-electron chi connectivity index (χ4n) is 3.79. The van der Waals surface area contributed by atoms with E-state index in [1.807, 2.05) is 30.3 Å². The molecule has 29 heavy (non-hydrogen) atoms. The summed E-state index contributed by atoms with van der Waals surface area (Å²) in [5.74, 6) is -0.785. The average molecular weight is 413 g/mol. The molecule has 0 radical (unpaired) electrons. The quantitative estimate of drug-likeness (QED) is 0.505. The number of furan rings is 1. The number of fused-ring (bicyclic) bond motifs is 1. The molecule has 0 amide bonds. The molecule has 1 aliphatic rings. The maximum Gasteiger partial charge on any atom is 0.374 e. The fraction of sp³-hybridized carbons (Fsp3) is 0.304. The third kappa shape index (κ3) is 3.51. The summed E-state index contributed by atoms with van der Waals surface area (Å²) in [6.45, 7) is 1.90. The summed E-state index contributed by atoms with van der Waals surface area (Å²) >= 11 is 5.99. The first-order valence-electron chi connectivity index (χ1n) is 9.66. The fourth-order valence-corrected chi connectivity index (χ4v) is 3.92. The second kappa shape index (κ2) is 7.91. The molecule has 0 spiro atoms. The van der Waals surface area contributed by atoms with Crippen LogP contribution in [0.1, 0.15) is 47.9 Å². The molecule has 0 aliphatic heterocycles. The smallest absolute Gasteiger partial charge is 0.374 e. The summed E-state index contributed by atoms with van der Waals surface area (Å²) in [4.78, 5) is 25.4. The van der Waals surface area contributed by atoms with Crippen LogP contribution in [0.2, 0.25) is 5.02 Å². The van der Waals surface area contributed by atoms with Gasteiger partial charge in [0.05, 0.1) is 17.6 Å². The number of halogens is 1. The van der Waals surface area contributed by atoms with Crippen molar-refractivity contribution in [3.8, 4) is 0 Å². The summed E-state index contributed by atoms with van der Waals surface area (Å²) in [5.41, 5.74) is 1.32. The molecule has 0 bridgehead atoms. The van der Waals surface area contributed by atoms with Crippen LogP contribution in [-0.4, -0.2) is 18.5 Å². The lowest BCUT2D eigenvalue weighted by molar-refractivity contribution is -0.155. The minimum absolute atomic E-state index is 0.0562. The molecule has 4 rings (SSSR count). The second-order valence-electron chi connectivity index (χ2n) is 7.15. The van der Waals surface area contributed by atoms with Crippen molar-refractivity contribution >= 4 is 34.5 Å². The monoisotopic (exact) mass is 412 g/mol. The Labute approximate surface area is 173 Å².